The van der Waals surface area contributed by atoms with Crippen LogP contribution in [0.2, 0.25) is 0 Å². The van der Waals surface area contributed by atoms with Gasteiger partial charge >= 0.3 is 0 Å². The normalized spacial score (nSPS) is 24.3. The van der Waals surface area contributed by atoms with Crippen LogP contribution in [-0.4, -0.2) is 6.54 Å². The lowest BCUT2D eigenvalue weighted by atomic mass is 10.1. The van der Waals surface area contributed by atoms with Crippen LogP contribution in [0.5, 0.6) is 0 Å². The number of thiophene rings is 1. The number of halogens is 1. The summed E-state index contributed by atoms with van der Waals surface area (Å²) in [5.74, 6) is 0. The molecule has 1 saturated heterocycles. The molecule has 1 N–H and O–H groups in total. The summed E-state index contributed by atoms with van der Waals surface area (Å²) >= 11 is 5.24. The molecule has 1 atom stereocenters. The summed E-state index contributed by atoms with van der Waals surface area (Å²) in [7, 11) is 0. The van der Waals surface area contributed by atoms with Crippen LogP contribution in [0.3, 0.4) is 0 Å². The zero-order valence-corrected chi connectivity index (χ0v) is 8.54. The first-order valence-electron chi connectivity index (χ1n) is 3.83. The van der Waals surface area contributed by atoms with Gasteiger partial charge in [-0.15, -0.1) is 11.3 Å². The first-order chi connectivity index (χ1) is 5.36. The summed E-state index contributed by atoms with van der Waals surface area (Å²) in [6, 6.07) is 2.84. The molecule has 2 rings (SSSR count). The van der Waals surface area contributed by atoms with Crippen LogP contribution in [0.15, 0.2) is 15.2 Å². The molecular weight excluding hydrogens is 222 g/mol. The van der Waals surface area contributed by atoms with Gasteiger partial charge in [0.25, 0.3) is 0 Å². The molecule has 11 heavy (non-hydrogen) atoms. The molecule has 1 aliphatic heterocycles. The highest BCUT2D eigenvalue weighted by Gasteiger charge is 2.16. The van der Waals surface area contributed by atoms with Crippen LogP contribution >= 0.6 is 27.3 Å². The van der Waals surface area contributed by atoms with Gasteiger partial charge in [0, 0.05) is 6.04 Å². The van der Waals surface area contributed by atoms with Gasteiger partial charge in [-0.25, -0.2) is 0 Å². The monoisotopic (exact) mass is 231 g/mol. The van der Waals surface area contributed by atoms with E-state index in [4.69, 9.17) is 0 Å². The summed E-state index contributed by atoms with van der Waals surface area (Å²) < 4.78 is 1.24. The third kappa shape index (κ3) is 1.66. The predicted molar refractivity (Wildman–Crippen MR) is 52.0 cm³/mol. The largest absolute Gasteiger partial charge is 0.310 e. The number of hydrogen-bond donors (Lipinski definition) is 1. The fourth-order valence-corrected chi connectivity index (χ4v) is 2.70. The maximum Gasteiger partial charge on any atom is 0.0701 e. The van der Waals surface area contributed by atoms with Crippen molar-refractivity contribution in [2.45, 2.75) is 18.9 Å². The average Bonchev–Trinajstić information content (AvgIpc) is 2.55. The Bertz CT molecular complexity index is 240. The van der Waals surface area contributed by atoms with E-state index in [1.807, 2.05) is 0 Å². The van der Waals surface area contributed by atoms with Crippen LogP contribution in [-0.2, 0) is 0 Å². The molecule has 1 aromatic rings. The standard InChI is InChI=1S/C8H10BrNS/c9-8-4-6(5-11-8)7-2-1-3-10-7/h4-5,7,10H,1-3H2. The van der Waals surface area contributed by atoms with Crippen LogP contribution in [0.1, 0.15) is 24.4 Å². The van der Waals surface area contributed by atoms with Gasteiger partial charge in [-0.1, -0.05) is 0 Å². The Hall–Kier alpha value is 0.140. The van der Waals surface area contributed by atoms with Gasteiger partial charge in [0.15, 0.2) is 0 Å². The van der Waals surface area contributed by atoms with Crippen molar-refractivity contribution in [1.29, 1.82) is 0 Å². The number of rotatable bonds is 1. The van der Waals surface area contributed by atoms with E-state index in [0.29, 0.717) is 6.04 Å². The molecule has 0 aliphatic carbocycles. The van der Waals surface area contributed by atoms with E-state index < -0.39 is 0 Å². The Morgan fingerprint density at radius 3 is 3.09 bits per heavy atom. The fourth-order valence-electron chi connectivity index (χ4n) is 1.48. The first kappa shape index (κ1) is 7.77. The van der Waals surface area contributed by atoms with Crippen molar-refractivity contribution >= 4 is 27.3 Å². The van der Waals surface area contributed by atoms with Gasteiger partial charge in [-0.3, -0.25) is 0 Å². The quantitative estimate of drug-likeness (QED) is 0.784. The van der Waals surface area contributed by atoms with Crippen molar-refractivity contribution in [3.63, 3.8) is 0 Å². The van der Waals surface area contributed by atoms with Crippen LogP contribution in [0.4, 0.5) is 0 Å². The Labute approximate surface area is 78.9 Å². The second-order valence-electron chi connectivity index (χ2n) is 2.83. The zero-order chi connectivity index (χ0) is 7.68. The second-order valence-corrected chi connectivity index (χ2v) is 5.12. The molecule has 60 valence electrons. The topological polar surface area (TPSA) is 12.0 Å². The molecule has 0 bridgehead atoms. The minimum atomic E-state index is 0.623. The molecule has 0 aromatic carbocycles. The van der Waals surface area contributed by atoms with Gasteiger partial charge in [-0.2, -0.15) is 0 Å². The maximum atomic E-state index is 3.47. The Morgan fingerprint density at radius 2 is 2.55 bits per heavy atom. The molecule has 1 unspecified atom stereocenters. The zero-order valence-electron chi connectivity index (χ0n) is 6.14. The van der Waals surface area contributed by atoms with E-state index in [1.165, 1.54) is 28.7 Å². The lowest BCUT2D eigenvalue weighted by molar-refractivity contribution is 0.650. The maximum absolute atomic E-state index is 3.47. The average molecular weight is 232 g/mol. The third-order valence-electron chi connectivity index (χ3n) is 2.05. The van der Waals surface area contributed by atoms with Crippen molar-refractivity contribution in [3.8, 4) is 0 Å². The molecule has 2 heterocycles. The molecule has 0 amide bonds. The van der Waals surface area contributed by atoms with Gasteiger partial charge in [-0.05, 0) is 52.3 Å². The van der Waals surface area contributed by atoms with Crippen LogP contribution < -0.4 is 5.32 Å². The van der Waals surface area contributed by atoms with Crippen molar-refractivity contribution in [3.05, 3.63) is 20.8 Å². The number of hydrogen-bond acceptors (Lipinski definition) is 2. The summed E-state index contributed by atoms with van der Waals surface area (Å²) in [4.78, 5) is 0. The van der Waals surface area contributed by atoms with E-state index >= 15 is 0 Å². The SMILES string of the molecule is Brc1cc(C2CCCN2)cs1. The van der Waals surface area contributed by atoms with Crippen LogP contribution in [0.25, 0.3) is 0 Å². The minimum absolute atomic E-state index is 0.623. The third-order valence-corrected chi connectivity index (χ3v) is 3.57. The molecule has 1 fully saturated rings. The Morgan fingerprint density at radius 1 is 1.64 bits per heavy atom. The Kier molecular flexibility index (Phi) is 2.30. The summed E-state index contributed by atoms with van der Waals surface area (Å²) in [5, 5.41) is 5.70. The lowest BCUT2D eigenvalue weighted by Crippen LogP contribution is -2.11. The highest BCUT2D eigenvalue weighted by atomic mass is 79.9. The van der Waals surface area contributed by atoms with E-state index in [1.54, 1.807) is 11.3 Å². The predicted octanol–water partition coefficient (Wildman–Crippen LogP) is 2.94. The van der Waals surface area contributed by atoms with Crippen molar-refractivity contribution in [2.75, 3.05) is 6.54 Å². The van der Waals surface area contributed by atoms with Gasteiger partial charge in [0.1, 0.15) is 0 Å². The van der Waals surface area contributed by atoms with Crippen molar-refractivity contribution < 1.29 is 0 Å². The van der Waals surface area contributed by atoms with E-state index in [-0.39, 0.29) is 0 Å². The van der Waals surface area contributed by atoms with E-state index in [0.717, 1.165) is 0 Å². The molecular formula is C8H10BrNS. The second kappa shape index (κ2) is 3.25. The number of nitrogens with one attached hydrogen (secondary N) is 1. The summed E-state index contributed by atoms with van der Waals surface area (Å²) in [5.41, 5.74) is 1.44. The molecule has 1 nitrogen and oxygen atoms in total. The van der Waals surface area contributed by atoms with Gasteiger partial charge < -0.3 is 5.32 Å². The molecule has 0 spiro atoms. The van der Waals surface area contributed by atoms with Gasteiger partial charge in [0.2, 0.25) is 0 Å². The van der Waals surface area contributed by atoms with Crippen molar-refractivity contribution in [2.24, 2.45) is 0 Å². The summed E-state index contributed by atoms with van der Waals surface area (Å²) in [6.45, 7) is 1.18. The van der Waals surface area contributed by atoms with Gasteiger partial charge in [0.05, 0.1) is 3.79 Å². The molecule has 0 radical (unpaired) electrons. The highest BCUT2D eigenvalue weighted by molar-refractivity contribution is 9.11. The summed E-state index contributed by atoms with van der Waals surface area (Å²) in [6.07, 6.45) is 2.61. The fraction of sp³-hybridized carbons (Fsp3) is 0.500. The minimum Gasteiger partial charge on any atom is -0.310 e. The lowest BCUT2D eigenvalue weighted by Gasteiger charge is -2.05. The Balaban J connectivity index is 2.15. The van der Waals surface area contributed by atoms with Crippen LogP contribution in [0, 0.1) is 0 Å². The first-order valence-corrected chi connectivity index (χ1v) is 5.51. The molecule has 3 heteroatoms. The molecule has 0 saturated carbocycles. The van der Waals surface area contributed by atoms with E-state index in [2.05, 4.69) is 32.7 Å². The highest BCUT2D eigenvalue weighted by Crippen LogP contribution is 2.29. The smallest absolute Gasteiger partial charge is 0.0701 e. The molecule has 1 aromatic heterocycles. The van der Waals surface area contributed by atoms with E-state index in [9.17, 15) is 0 Å². The van der Waals surface area contributed by atoms with Crippen molar-refractivity contribution in [1.82, 2.24) is 5.32 Å². The molecule has 1 aliphatic rings.